The van der Waals surface area contributed by atoms with Gasteiger partial charge in [0.2, 0.25) is 5.88 Å². The van der Waals surface area contributed by atoms with Crippen LogP contribution in [0, 0.1) is 0 Å². The Morgan fingerprint density at radius 1 is 1.19 bits per heavy atom. The summed E-state index contributed by atoms with van der Waals surface area (Å²) in [6.07, 6.45) is 3.58. The highest BCUT2D eigenvalue weighted by Gasteiger charge is 2.20. The first-order chi connectivity index (χ1) is 13.2. The van der Waals surface area contributed by atoms with Crippen LogP contribution in [-0.2, 0) is 4.74 Å². The molecule has 0 saturated carbocycles. The van der Waals surface area contributed by atoms with Crippen LogP contribution >= 0.6 is 0 Å². The Morgan fingerprint density at radius 2 is 2.00 bits per heavy atom. The molecule has 0 aliphatic carbocycles. The number of nitrogens with zero attached hydrogens (tertiary/aromatic N) is 1. The van der Waals surface area contributed by atoms with E-state index >= 15 is 0 Å². The van der Waals surface area contributed by atoms with Crippen LogP contribution in [0.4, 0.5) is 5.69 Å². The smallest absolute Gasteiger partial charge is 0.261 e. The fraction of sp³-hybridized carbons (Fsp3) is 0.350. The monoisotopic (exact) mass is 369 g/mol. The Bertz CT molecular complexity index is 803. The summed E-state index contributed by atoms with van der Waals surface area (Å²) in [7, 11) is 0. The van der Waals surface area contributed by atoms with Crippen LogP contribution in [0.1, 0.15) is 40.5 Å². The largest absolute Gasteiger partial charge is 0.477 e. The molecule has 1 aromatic carbocycles. The molecule has 2 N–H and O–H groups in total. The lowest BCUT2D eigenvalue weighted by atomic mass is 10.1. The molecular formula is C20H23N3O4. The van der Waals surface area contributed by atoms with Crippen molar-refractivity contribution in [2.45, 2.75) is 25.9 Å². The molecule has 0 radical (unpaired) electrons. The number of ether oxygens (including phenoxy) is 2. The average molecular weight is 369 g/mol. The number of rotatable bonds is 7. The van der Waals surface area contributed by atoms with Crippen molar-refractivity contribution in [1.82, 2.24) is 10.3 Å². The molecule has 1 saturated heterocycles. The maximum Gasteiger partial charge on any atom is 0.261 e. The van der Waals surface area contributed by atoms with E-state index in [0.717, 1.165) is 19.4 Å². The molecule has 7 nitrogen and oxygen atoms in total. The molecule has 2 heterocycles. The van der Waals surface area contributed by atoms with E-state index in [-0.39, 0.29) is 23.8 Å². The summed E-state index contributed by atoms with van der Waals surface area (Å²) in [6.45, 7) is 3.42. The zero-order chi connectivity index (χ0) is 19.1. The van der Waals surface area contributed by atoms with Gasteiger partial charge in [-0.15, -0.1) is 0 Å². The van der Waals surface area contributed by atoms with Gasteiger partial charge in [-0.05, 0) is 44.0 Å². The van der Waals surface area contributed by atoms with Gasteiger partial charge >= 0.3 is 0 Å². The molecule has 2 amide bonds. The van der Waals surface area contributed by atoms with Crippen molar-refractivity contribution in [2.24, 2.45) is 0 Å². The average Bonchev–Trinajstić information content (AvgIpc) is 3.21. The normalized spacial score (nSPS) is 16.0. The van der Waals surface area contributed by atoms with E-state index in [1.54, 1.807) is 42.6 Å². The Morgan fingerprint density at radius 3 is 2.78 bits per heavy atom. The van der Waals surface area contributed by atoms with Crippen molar-refractivity contribution in [3.63, 3.8) is 0 Å². The number of carbonyl (C=O) groups excluding carboxylic acids is 2. The number of carbonyl (C=O) groups is 2. The summed E-state index contributed by atoms with van der Waals surface area (Å²) >= 11 is 0. The van der Waals surface area contributed by atoms with Gasteiger partial charge in [0.1, 0.15) is 5.56 Å². The molecule has 1 atom stereocenters. The number of pyridine rings is 1. The Balaban J connectivity index is 1.72. The molecule has 0 spiro atoms. The number of hydrogen-bond acceptors (Lipinski definition) is 5. The second-order valence-corrected chi connectivity index (χ2v) is 6.13. The molecule has 3 rings (SSSR count). The fourth-order valence-electron chi connectivity index (χ4n) is 2.90. The second kappa shape index (κ2) is 9.14. The Hall–Kier alpha value is -2.93. The third-order valence-corrected chi connectivity index (χ3v) is 4.23. The summed E-state index contributed by atoms with van der Waals surface area (Å²) in [4.78, 5) is 29.3. The molecule has 1 aromatic heterocycles. The fourth-order valence-corrected chi connectivity index (χ4v) is 2.90. The molecular weight excluding hydrogens is 346 g/mol. The number of para-hydroxylation sites is 1. The van der Waals surface area contributed by atoms with E-state index in [2.05, 4.69) is 15.6 Å². The number of hydrogen-bond donors (Lipinski definition) is 2. The highest BCUT2D eigenvalue weighted by molar-refractivity contribution is 6.09. The van der Waals surface area contributed by atoms with Crippen LogP contribution < -0.4 is 15.4 Å². The molecule has 0 bridgehead atoms. The standard InChI is InChI=1S/C20H23N3O4/c1-2-26-20-16(9-5-11-21-20)19(25)23-17-10-4-3-8-15(17)18(24)22-13-14-7-6-12-27-14/h3-5,8-11,14H,2,6-7,12-13H2,1H3,(H,22,24)(H,23,25)/t14-/m0/s1. The molecule has 7 heteroatoms. The summed E-state index contributed by atoms with van der Waals surface area (Å²) < 4.78 is 10.9. The lowest BCUT2D eigenvalue weighted by Crippen LogP contribution is -2.32. The summed E-state index contributed by atoms with van der Waals surface area (Å²) in [5, 5.41) is 5.66. The van der Waals surface area contributed by atoms with Gasteiger partial charge in [0, 0.05) is 19.3 Å². The summed E-state index contributed by atoms with van der Waals surface area (Å²) in [6, 6.07) is 10.2. The van der Waals surface area contributed by atoms with Crippen molar-refractivity contribution < 1.29 is 19.1 Å². The Labute approximate surface area is 158 Å². The number of anilines is 1. The van der Waals surface area contributed by atoms with Gasteiger partial charge in [-0.1, -0.05) is 12.1 Å². The highest BCUT2D eigenvalue weighted by Crippen LogP contribution is 2.20. The second-order valence-electron chi connectivity index (χ2n) is 6.13. The lowest BCUT2D eigenvalue weighted by Gasteiger charge is -2.14. The quantitative estimate of drug-likeness (QED) is 0.783. The summed E-state index contributed by atoms with van der Waals surface area (Å²) in [5.41, 5.74) is 1.14. The van der Waals surface area contributed by atoms with E-state index in [0.29, 0.717) is 30.0 Å². The minimum Gasteiger partial charge on any atom is -0.477 e. The van der Waals surface area contributed by atoms with Crippen molar-refractivity contribution in [2.75, 3.05) is 25.1 Å². The van der Waals surface area contributed by atoms with Gasteiger partial charge in [0.05, 0.1) is 24.0 Å². The van der Waals surface area contributed by atoms with Gasteiger partial charge in [-0.25, -0.2) is 4.98 Å². The first kappa shape index (κ1) is 18.8. The van der Waals surface area contributed by atoms with E-state index < -0.39 is 0 Å². The van der Waals surface area contributed by atoms with E-state index in [1.165, 1.54) is 0 Å². The number of nitrogens with one attached hydrogen (secondary N) is 2. The summed E-state index contributed by atoms with van der Waals surface area (Å²) in [5.74, 6) is -0.374. The highest BCUT2D eigenvalue weighted by atomic mass is 16.5. The SMILES string of the molecule is CCOc1ncccc1C(=O)Nc1ccccc1C(=O)NC[C@@H]1CCCO1. The third kappa shape index (κ3) is 4.83. The molecule has 142 valence electrons. The zero-order valence-electron chi connectivity index (χ0n) is 15.2. The first-order valence-corrected chi connectivity index (χ1v) is 9.07. The van der Waals surface area contributed by atoms with Crippen molar-refractivity contribution in [1.29, 1.82) is 0 Å². The van der Waals surface area contributed by atoms with Crippen LogP contribution in [0.3, 0.4) is 0 Å². The van der Waals surface area contributed by atoms with Crippen LogP contribution in [0.2, 0.25) is 0 Å². The minimum atomic E-state index is -0.383. The molecule has 1 fully saturated rings. The third-order valence-electron chi connectivity index (χ3n) is 4.23. The maximum absolute atomic E-state index is 12.7. The van der Waals surface area contributed by atoms with Crippen LogP contribution in [0.5, 0.6) is 5.88 Å². The van der Waals surface area contributed by atoms with E-state index in [1.807, 2.05) is 6.92 Å². The topological polar surface area (TPSA) is 89.5 Å². The van der Waals surface area contributed by atoms with Crippen LogP contribution in [0.25, 0.3) is 0 Å². The molecule has 27 heavy (non-hydrogen) atoms. The van der Waals surface area contributed by atoms with Crippen molar-refractivity contribution in [3.05, 3.63) is 53.7 Å². The predicted molar refractivity (Wildman–Crippen MR) is 101 cm³/mol. The lowest BCUT2D eigenvalue weighted by molar-refractivity contribution is 0.0858. The van der Waals surface area contributed by atoms with E-state index in [9.17, 15) is 9.59 Å². The minimum absolute atomic E-state index is 0.0554. The number of benzene rings is 1. The van der Waals surface area contributed by atoms with Crippen LogP contribution in [0.15, 0.2) is 42.6 Å². The zero-order valence-corrected chi connectivity index (χ0v) is 15.2. The van der Waals surface area contributed by atoms with Crippen molar-refractivity contribution >= 4 is 17.5 Å². The van der Waals surface area contributed by atoms with Gasteiger partial charge in [0.25, 0.3) is 11.8 Å². The molecule has 2 aromatic rings. The molecule has 0 unspecified atom stereocenters. The van der Waals surface area contributed by atoms with Gasteiger partial charge in [-0.2, -0.15) is 0 Å². The number of aromatic nitrogens is 1. The predicted octanol–water partition coefficient (Wildman–Crippen LogP) is 2.64. The van der Waals surface area contributed by atoms with Gasteiger partial charge < -0.3 is 20.1 Å². The van der Waals surface area contributed by atoms with E-state index in [4.69, 9.17) is 9.47 Å². The Kier molecular flexibility index (Phi) is 6.38. The van der Waals surface area contributed by atoms with Crippen LogP contribution in [-0.4, -0.2) is 42.7 Å². The molecule has 1 aliphatic heterocycles. The van der Waals surface area contributed by atoms with Gasteiger partial charge in [-0.3, -0.25) is 9.59 Å². The number of amides is 2. The van der Waals surface area contributed by atoms with Gasteiger partial charge in [0.15, 0.2) is 0 Å². The maximum atomic E-state index is 12.7. The first-order valence-electron chi connectivity index (χ1n) is 9.07. The van der Waals surface area contributed by atoms with Crippen molar-refractivity contribution in [3.8, 4) is 5.88 Å². The molecule has 1 aliphatic rings.